The van der Waals surface area contributed by atoms with Crippen molar-refractivity contribution in [3.05, 3.63) is 156 Å². The minimum atomic E-state index is -3.73. The molecule has 24 heteroatoms. The molecule has 2 amide bonds. The maximum atomic E-state index is 14.6. The molecular formula is C48H46F2N8O12S2. The van der Waals surface area contributed by atoms with Gasteiger partial charge in [-0.2, -0.15) is 16.8 Å². The van der Waals surface area contributed by atoms with Crippen molar-refractivity contribution >= 4 is 49.9 Å². The van der Waals surface area contributed by atoms with Gasteiger partial charge in [0.1, 0.15) is 34.6 Å². The first kappa shape index (κ1) is 52.9. The van der Waals surface area contributed by atoms with Gasteiger partial charge in [-0.15, -0.1) is 0 Å². The summed E-state index contributed by atoms with van der Waals surface area (Å²) in [5.41, 5.74) is 11.5. The van der Waals surface area contributed by atoms with Gasteiger partial charge >= 0.3 is 20.2 Å². The third-order valence-electron chi connectivity index (χ3n) is 10.8. The van der Waals surface area contributed by atoms with Gasteiger partial charge in [0.05, 0.1) is 26.7 Å². The Kier molecular flexibility index (Phi) is 15.3. The van der Waals surface area contributed by atoms with E-state index in [1.807, 2.05) is 0 Å². The second-order valence-electron chi connectivity index (χ2n) is 15.8. The summed E-state index contributed by atoms with van der Waals surface area (Å²) in [6, 6.07) is 23.6. The van der Waals surface area contributed by atoms with Crippen LogP contribution >= 0.6 is 0 Å². The van der Waals surface area contributed by atoms with Crippen molar-refractivity contribution in [2.75, 3.05) is 40.8 Å². The summed E-state index contributed by atoms with van der Waals surface area (Å²) >= 11 is 0. The molecular weight excluding hydrogens is 983 g/mol. The van der Waals surface area contributed by atoms with Crippen LogP contribution in [0.25, 0.3) is 22.3 Å². The van der Waals surface area contributed by atoms with E-state index in [0.717, 1.165) is 19.4 Å². The Morgan fingerprint density at radius 1 is 0.569 bits per heavy atom. The van der Waals surface area contributed by atoms with E-state index in [2.05, 4.69) is 20.0 Å². The lowest BCUT2D eigenvalue weighted by atomic mass is 9.82. The molecule has 2 unspecified atom stereocenters. The van der Waals surface area contributed by atoms with Crippen molar-refractivity contribution in [2.24, 2.45) is 21.5 Å². The number of aliphatic carboxylic acids is 1. The number of pyridine rings is 2. The molecule has 4 heterocycles. The SMILES string of the molecule is CC(=O)O.COc1ccc(F)c(-c2cncc(C3(c4ccc(OS(C)(=O)=O)cc4)N=C(N)N(C)C3=O)c2)c1.COc1ccc(F)c(-c2cncc(C3(c4ccc(OS(C)(=O)=O)cc4)N=C(N)N(C)C3=O)c2)c1. The number of hydrogen-bond donors (Lipinski definition) is 3. The van der Waals surface area contributed by atoms with Crippen LogP contribution in [0.5, 0.6) is 23.0 Å². The topological polar surface area (TPSA) is 286 Å². The van der Waals surface area contributed by atoms with Crippen LogP contribution in [0, 0.1) is 11.6 Å². The third-order valence-corrected chi connectivity index (χ3v) is 11.8. The number of aliphatic imine (C=N–C) groups is 2. The first-order valence-electron chi connectivity index (χ1n) is 20.9. The molecule has 0 saturated heterocycles. The minimum absolute atomic E-state index is 0.0144. The molecule has 376 valence electrons. The minimum Gasteiger partial charge on any atom is -0.497 e. The van der Waals surface area contributed by atoms with Crippen molar-refractivity contribution < 1.29 is 62.9 Å². The maximum Gasteiger partial charge on any atom is 0.306 e. The fourth-order valence-electron chi connectivity index (χ4n) is 7.50. The van der Waals surface area contributed by atoms with Gasteiger partial charge in [0.2, 0.25) is 0 Å². The number of nitrogens with zero attached hydrogens (tertiary/aromatic N) is 6. The Morgan fingerprint density at radius 2 is 0.889 bits per heavy atom. The first-order valence-corrected chi connectivity index (χ1v) is 24.5. The average molecular weight is 1030 g/mol. The molecule has 72 heavy (non-hydrogen) atoms. The third kappa shape index (κ3) is 11.2. The van der Waals surface area contributed by atoms with E-state index in [9.17, 15) is 35.2 Å². The van der Waals surface area contributed by atoms with Gasteiger partial charge in [-0.1, -0.05) is 24.3 Å². The molecule has 2 aliphatic rings. The molecule has 5 N–H and O–H groups in total. The predicted molar refractivity (Wildman–Crippen MR) is 260 cm³/mol. The standard InChI is InChI=1S/2C23H21FN4O5S.C2H4O2/c2*1-28-21(29)23(27-22(28)25,15-4-6-17(7-5-15)33-34(3,30)31)16-10-14(12-26-13-16)19-11-18(32-2)8-9-20(19)24;1-2(3)4/h2*4-13H,1-3H3,(H2,25,27);1H3,(H,3,4). The zero-order valence-electron chi connectivity index (χ0n) is 39.4. The van der Waals surface area contributed by atoms with Crippen molar-refractivity contribution in [2.45, 2.75) is 18.0 Å². The van der Waals surface area contributed by atoms with Crippen LogP contribution in [0.4, 0.5) is 8.78 Å². The number of likely N-dealkylation sites (N-methyl/N-ethyl adjacent to an activating group) is 2. The number of carbonyl (C=O) groups is 3. The number of aromatic nitrogens is 2. The molecule has 2 aromatic heterocycles. The number of hydrogen-bond acceptors (Lipinski definition) is 17. The summed E-state index contributed by atoms with van der Waals surface area (Å²) in [7, 11) is -1.53. The monoisotopic (exact) mass is 1030 g/mol. The van der Waals surface area contributed by atoms with Gasteiger partial charge in [-0.05, 0) is 83.9 Å². The lowest BCUT2D eigenvalue weighted by Gasteiger charge is -2.26. The lowest BCUT2D eigenvalue weighted by Crippen LogP contribution is -2.41. The molecule has 0 fully saturated rings. The normalized spacial score (nSPS) is 17.4. The van der Waals surface area contributed by atoms with Crippen molar-refractivity contribution in [3.63, 3.8) is 0 Å². The fourth-order valence-corrected chi connectivity index (χ4v) is 8.42. The number of carboxylic acids is 1. The van der Waals surface area contributed by atoms with Crippen LogP contribution in [-0.4, -0.2) is 112 Å². The highest BCUT2D eigenvalue weighted by Gasteiger charge is 2.51. The molecule has 0 aliphatic carbocycles. The van der Waals surface area contributed by atoms with E-state index in [1.54, 1.807) is 12.1 Å². The summed E-state index contributed by atoms with van der Waals surface area (Å²) in [6.07, 6.45) is 7.70. The zero-order chi connectivity index (χ0) is 52.9. The van der Waals surface area contributed by atoms with E-state index >= 15 is 0 Å². The van der Waals surface area contributed by atoms with Crippen molar-refractivity contribution in [3.8, 4) is 45.3 Å². The van der Waals surface area contributed by atoms with Gasteiger partial charge in [0, 0.05) is 79.2 Å². The zero-order valence-corrected chi connectivity index (χ0v) is 41.0. The number of amides is 2. The molecule has 20 nitrogen and oxygen atoms in total. The molecule has 4 aromatic carbocycles. The molecule has 8 rings (SSSR count). The van der Waals surface area contributed by atoms with E-state index in [4.69, 9.17) is 39.2 Å². The molecule has 0 bridgehead atoms. The van der Waals surface area contributed by atoms with Gasteiger partial charge in [0.25, 0.3) is 17.8 Å². The highest BCUT2D eigenvalue weighted by atomic mass is 32.2. The second-order valence-corrected chi connectivity index (χ2v) is 19.0. The number of rotatable bonds is 12. The Bertz CT molecular complexity index is 3140. The first-order chi connectivity index (χ1) is 33.8. The summed E-state index contributed by atoms with van der Waals surface area (Å²) in [6.45, 7) is 1.08. The number of halogens is 2. The summed E-state index contributed by atoms with van der Waals surface area (Å²) in [4.78, 5) is 55.7. The lowest BCUT2D eigenvalue weighted by molar-refractivity contribution is -0.134. The highest BCUT2D eigenvalue weighted by Crippen LogP contribution is 2.43. The van der Waals surface area contributed by atoms with Gasteiger partial charge in [-0.25, -0.2) is 18.8 Å². The van der Waals surface area contributed by atoms with Crippen molar-refractivity contribution in [1.82, 2.24) is 19.8 Å². The van der Waals surface area contributed by atoms with Crippen LogP contribution in [0.2, 0.25) is 0 Å². The molecule has 2 aliphatic heterocycles. The molecule has 2 atom stereocenters. The Balaban J connectivity index is 0.000000219. The van der Waals surface area contributed by atoms with Crippen LogP contribution in [0.3, 0.4) is 0 Å². The van der Waals surface area contributed by atoms with Crippen LogP contribution in [0.1, 0.15) is 29.2 Å². The van der Waals surface area contributed by atoms with E-state index in [0.29, 0.717) is 44.9 Å². The molecule has 0 saturated carbocycles. The number of benzene rings is 4. The van der Waals surface area contributed by atoms with E-state index in [-0.39, 0.29) is 34.5 Å². The van der Waals surface area contributed by atoms with Gasteiger partial charge in [0.15, 0.2) is 23.0 Å². The summed E-state index contributed by atoms with van der Waals surface area (Å²) in [5.74, 6) is -1.70. The number of ether oxygens (including phenoxy) is 2. The molecule has 0 radical (unpaired) electrons. The van der Waals surface area contributed by atoms with Crippen LogP contribution < -0.4 is 29.3 Å². The number of carbonyl (C=O) groups excluding carboxylic acids is 2. The smallest absolute Gasteiger partial charge is 0.306 e. The molecule has 6 aromatic rings. The largest absolute Gasteiger partial charge is 0.497 e. The number of guanidine groups is 2. The number of nitrogens with two attached hydrogens (primary N) is 2. The maximum absolute atomic E-state index is 14.6. The van der Waals surface area contributed by atoms with Gasteiger partial charge < -0.3 is 34.4 Å². The Morgan fingerprint density at radius 3 is 1.17 bits per heavy atom. The Hall–Kier alpha value is -8.51. The highest BCUT2D eigenvalue weighted by molar-refractivity contribution is 7.86. The Labute approximate surface area is 412 Å². The number of methoxy groups -OCH3 is 2. The summed E-state index contributed by atoms with van der Waals surface area (Å²) < 4.78 is 95.2. The quantitative estimate of drug-likeness (QED) is 0.141. The second kappa shape index (κ2) is 20.8. The van der Waals surface area contributed by atoms with Gasteiger partial charge in [-0.3, -0.25) is 34.2 Å². The predicted octanol–water partition coefficient (Wildman–Crippen LogP) is 4.62. The van der Waals surface area contributed by atoms with E-state index < -0.39 is 60.7 Å². The van der Waals surface area contributed by atoms with E-state index in [1.165, 1.54) is 148 Å². The fraction of sp³-hybridized carbons (Fsp3) is 0.188. The summed E-state index contributed by atoms with van der Waals surface area (Å²) in [5, 5.41) is 7.42. The average Bonchev–Trinajstić information content (AvgIpc) is 3.71. The number of carboxylic acid groups (broad SMARTS) is 1. The molecule has 0 spiro atoms. The van der Waals surface area contributed by atoms with Crippen LogP contribution in [0.15, 0.2) is 132 Å². The van der Waals surface area contributed by atoms with Crippen LogP contribution in [-0.2, 0) is 45.7 Å². The van der Waals surface area contributed by atoms with Crippen molar-refractivity contribution in [1.29, 1.82) is 0 Å².